The van der Waals surface area contributed by atoms with Gasteiger partial charge in [-0.3, -0.25) is 0 Å². The van der Waals surface area contributed by atoms with Crippen molar-refractivity contribution in [3.8, 4) is 5.88 Å². The van der Waals surface area contributed by atoms with E-state index in [1.165, 1.54) is 0 Å². The number of ether oxygens (including phenoxy) is 1. The van der Waals surface area contributed by atoms with E-state index >= 15 is 0 Å². The van der Waals surface area contributed by atoms with Gasteiger partial charge in [0.1, 0.15) is 0 Å². The van der Waals surface area contributed by atoms with E-state index in [0.29, 0.717) is 17.0 Å². The maximum atomic E-state index is 5.59. The van der Waals surface area contributed by atoms with Crippen molar-refractivity contribution in [2.75, 3.05) is 6.61 Å². The lowest BCUT2D eigenvalue weighted by Crippen LogP contribution is -1.99. The lowest BCUT2D eigenvalue weighted by atomic mass is 10.4. The highest BCUT2D eigenvalue weighted by atomic mass is 79.9. The van der Waals surface area contributed by atoms with E-state index in [0.717, 1.165) is 6.42 Å². The van der Waals surface area contributed by atoms with Crippen LogP contribution in [0.5, 0.6) is 5.88 Å². The molecule has 1 rings (SSSR count). The van der Waals surface area contributed by atoms with Crippen LogP contribution in [0.3, 0.4) is 0 Å². The van der Waals surface area contributed by atoms with Crippen molar-refractivity contribution >= 4 is 27.5 Å². The summed E-state index contributed by atoms with van der Waals surface area (Å²) >= 11 is 8.83. The summed E-state index contributed by atoms with van der Waals surface area (Å²) in [5, 5.41) is 0.178. The first-order valence-electron chi connectivity index (χ1n) is 3.65. The predicted octanol–water partition coefficient (Wildman–Crippen LogP) is 2.85. The fraction of sp³-hybridized carbons (Fsp3) is 0.250. The zero-order valence-corrected chi connectivity index (χ0v) is 9.18. The third-order valence-electron chi connectivity index (χ3n) is 1.24. The molecule has 1 aromatic heterocycles. The number of rotatable bonds is 4. The Kier molecular flexibility index (Phi) is 4.18. The molecule has 0 atom stereocenters. The van der Waals surface area contributed by atoms with Gasteiger partial charge in [0.15, 0.2) is 0 Å². The van der Waals surface area contributed by atoms with Crippen LogP contribution in [0.2, 0.25) is 5.28 Å². The van der Waals surface area contributed by atoms with Crippen LogP contribution in [0.4, 0.5) is 0 Å². The summed E-state index contributed by atoms with van der Waals surface area (Å²) in [6, 6.07) is 0. The number of nitrogens with zero attached hydrogens (tertiary/aromatic N) is 2. The molecule has 0 spiro atoms. The molecule has 0 aliphatic heterocycles. The highest BCUT2D eigenvalue weighted by Crippen LogP contribution is 2.22. The molecule has 5 heteroatoms. The molecule has 1 heterocycles. The SMILES string of the molecule is C=CCCOc1nc(Cl)ncc1Br. The van der Waals surface area contributed by atoms with Gasteiger partial charge in [-0.05, 0) is 34.0 Å². The number of hydrogen-bond donors (Lipinski definition) is 0. The topological polar surface area (TPSA) is 35.0 Å². The van der Waals surface area contributed by atoms with Crippen molar-refractivity contribution in [1.29, 1.82) is 0 Å². The monoisotopic (exact) mass is 262 g/mol. The highest BCUT2D eigenvalue weighted by molar-refractivity contribution is 9.10. The van der Waals surface area contributed by atoms with Gasteiger partial charge in [-0.25, -0.2) is 4.98 Å². The Labute approximate surface area is 89.9 Å². The first-order chi connectivity index (χ1) is 6.24. The molecule has 0 aromatic carbocycles. The molecule has 0 saturated carbocycles. The second-order valence-electron chi connectivity index (χ2n) is 2.22. The molecule has 0 N–H and O–H groups in total. The fourth-order valence-electron chi connectivity index (χ4n) is 0.671. The van der Waals surface area contributed by atoms with Crippen LogP contribution in [0.25, 0.3) is 0 Å². The zero-order valence-electron chi connectivity index (χ0n) is 6.83. The van der Waals surface area contributed by atoms with Gasteiger partial charge in [0.2, 0.25) is 11.2 Å². The van der Waals surface area contributed by atoms with E-state index < -0.39 is 0 Å². The minimum Gasteiger partial charge on any atom is -0.476 e. The Morgan fingerprint density at radius 1 is 1.69 bits per heavy atom. The Balaban J connectivity index is 2.64. The molecule has 0 aliphatic rings. The minimum absolute atomic E-state index is 0.178. The van der Waals surface area contributed by atoms with Crippen LogP contribution < -0.4 is 4.74 Å². The van der Waals surface area contributed by atoms with Crippen molar-refractivity contribution in [2.45, 2.75) is 6.42 Å². The van der Waals surface area contributed by atoms with Gasteiger partial charge >= 0.3 is 0 Å². The van der Waals surface area contributed by atoms with Crippen molar-refractivity contribution in [1.82, 2.24) is 9.97 Å². The third kappa shape index (κ3) is 3.32. The Morgan fingerprint density at radius 3 is 3.15 bits per heavy atom. The molecule has 0 unspecified atom stereocenters. The number of halogens is 2. The van der Waals surface area contributed by atoms with E-state index in [4.69, 9.17) is 16.3 Å². The van der Waals surface area contributed by atoms with E-state index in [1.54, 1.807) is 12.3 Å². The molecule has 3 nitrogen and oxygen atoms in total. The van der Waals surface area contributed by atoms with E-state index in [9.17, 15) is 0 Å². The Bertz CT molecular complexity index is 306. The van der Waals surface area contributed by atoms with Crippen LogP contribution in [0.1, 0.15) is 6.42 Å². The summed E-state index contributed by atoms with van der Waals surface area (Å²) in [7, 11) is 0. The summed E-state index contributed by atoms with van der Waals surface area (Å²) < 4.78 is 6.00. The molecule has 0 amide bonds. The Hall–Kier alpha value is -0.610. The molecule has 0 aliphatic carbocycles. The summed E-state index contributed by atoms with van der Waals surface area (Å²) in [6.45, 7) is 4.12. The quantitative estimate of drug-likeness (QED) is 0.476. The minimum atomic E-state index is 0.178. The first-order valence-corrected chi connectivity index (χ1v) is 4.83. The predicted molar refractivity (Wildman–Crippen MR) is 55.1 cm³/mol. The maximum absolute atomic E-state index is 5.59. The van der Waals surface area contributed by atoms with E-state index in [1.807, 2.05) is 0 Å². The molecule has 0 radical (unpaired) electrons. The summed E-state index contributed by atoms with van der Waals surface area (Å²) in [5.41, 5.74) is 0. The molecule has 1 aromatic rings. The lowest BCUT2D eigenvalue weighted by Gasteiger charge is -2.04. The van der Waals surface area contributed by atoms with Gasteiger partial charge in [0.05, 0.1) is 11.1 Å². The average Bonchev–Trinajstić information content (AvgIpc) is 2.11. The largest absolute Gasteiger partial charge is 0.476 e. The van der Waals surface area contributed by atoms with Crippen LogP contribution >= 0.6 is 27.5 Å². The summed E-state index contributed by atoms with van der Waals surface area (Å²) in [5.74, 6) is 0.460. The first kappa shape index (κ1) is 10.5. The van der Waals surface area contributed by atoms with E-state index in [2.05, 4.69) is 32.5 Å². The van der Waals surface area contributed by atoms with Crippen molar-refractivity contribution in [3.05, 3.63) is 28.6 Å². The van der Waals surface area contributed by atoms with Crippen LogP contribution in [0, 0.1) is 0 Å². The summed E-state index contributed by atoms with van der Waals surface area (Å²) in [4.78, 5) is 7.67. The van der Waals surface area contributed by atoms with Gasteiger partial charge in [0, 0.05) is 6.20 Å². The number of hydrogen-bond acceptors (Lipinski definition) is 3. The van der Waals surface area contributed by atoms with Crippen molar-refractivity contribution in [2.24, 2.45) is 0 Å². The standard InChI is InChI=1S/C8H8BrClN2O/c1-2-3-4-13-7-6(9)5-11-8(10)12-7/h2,5H,1,3-4H2. The highest BCUT2D eigenvalue weighted by Gasteiger charge is 2.03. The molecule has 70 valence electrons. The molecule has 0 bridgehead atoms. The van der Waals surface area contributed by atoms with Gasteiger partial charge < -0.3 is 4.74 Å². The number of aromatic nitrogens is 2. The smallest absolute Gasteiger partial charge is 0.232 e. The van der Waals surface area contributed by atoms with Crippen LogP contribution in [0.15, 0.2) is 23.3 Å². The van der Waals surface area contributed by atoms with E-state index in [-0.39, 0.29) is 5.28 Å². The normalized spacial score (nSPS) is 9.69. The third-order valence-corrected chi connectivity index (χ3v) is 1.97. The fourth-order valence-corrected chi connectivity index (χ4v) is 1.10. The summed E-state index contributed by atoms with van der Waals surface area (Å²) in [6.07, 6.45) is 4.10. The van der Waals surface area contributed by atoms with Gasteiger partial charge in [-0.2, -0.15) is 4.98 Å². The maximum Gasteiger partial charge on any atom is 0.232 e. The van der Waals surface area contributed by atoms with Crippen molar-refractivity contribution < 1.29 is 4.74 Å². The molecular weight excluding hydrogens is 255 g/mol. The van der Waals surface area contributed by atoms with Gasteiger partial charge in [0.25, 0.3) is 0 Å². The zero-order chi connectivity index (χ0) is 9.68. The Morgan fingerprint density at radius 2 is 2.46 bits per heavy atom. The molecule has 0 fully saturated rings. The molecule has 13 heavy (non-hydrogen) atoms. The van der Waals surface area contributed by atoms with Gasteiger partial charge in [-0.15, -0.1) is 6.58 Å². The average molecular weight is 264 g/mol. The lowest BCUT2D eigenvalue weighted by molar-refractivity contribution is 0.309. The molecule has 0 saturated heterocycles. The second kappa shape index (κ2) is 5.19. The van der Waals surface area contributed by atoms with Crippen LogP contribution in [-0.4, -0.2) is 16.6 Å². The molecular formula is C8H8BrClN2O. The second-order valence-corrected chi connectivity index (χ2v) is 3.41. The van der Waals surface area contributed by atoms with Crippen molar-refractivity contribution in [3.63, 3.8) is 0 Å². The van der Waals surface area contributed by atoms with Gasteiger partial charge in [-0.1, -0.05) is 6.08 Å². The van der Waals surface area contributed by atoms with Crippen LogP contribution in [-0.2, 0) is 0 Å².